The summed E-state index contributed by atoms with van der Waals surface area (Å²) in [5, 5.41) is 0. The monoisotopic (exact) mass is 202 g/mol. The van der Waals surface area contributed by atoms with Crippen LogP contribution >= 0.6 is 0 Å². The SMILES string of the molecule is Cc1ccccc1C1(C(F)(F)F)NN1. The Balaban J connectivity index is 2.46. The highest BCUT2D eigenvalue weighted by molar-refractivity contribution is 5.36. The molecule has 1 aliphatic heterocycles. The lowest BCUT2D eigenvalue weighted by Crippen LogP contribution is -2.35. The average Bonchev–Trinajstić information content (AvgIpc) is 2.84. The fraction of sp³-hybridized carbons (Fsp3) is 0.333. The molecule has 76 valence electrons. The fourth-order valence-corrected chi connectivity index (χ4v) is 1.49. The highest BCUT2D eigenvalue weighted by Crippen LogP contribution is 2.42. The first kappa shape index (κ1) is 9.48. The van der Waals surface area contributed by atoms with Crippen molar-refractivity contribution in [3.63, 3.8) is 0 Å². The molecule has 1 heterocycles. The lowest BCUT2D eigenvalue weighted by atomic mass is 9.98. The van der Waals surface area contributed by atoms with E-state index in [2.05, 4.69) is 10.9 Å². The molecule has 1 aromatic rings. The molecule has 14 heavy (non-hydrogen) atoms. The quantitative estimate of drug-likeness (QED) is 0.682. The van der Waals surface area contributed by atoms with Crippen molar-refractivity contribution in [2.75, 3.05) is 0 Å². The van der Waals surface area contributed by atoms with Crippen molar-refractivity contribution in [1.29, 1.82) is 0 Å². The number of hydrogen-bond acceptors (Lipinski definition) is 2. The van der Waals surface area contributed by atoms with Gasteiger partial charge in [-0.15, -0.1) is 0 Å². The van der Waals surface area contributed by atoms with Gasteiger partial charge in [-0.2, -0.15) is 13.2 Å². The third-order valence-corrected chi connectivity index (χ3v) is 2.35. The fourth-order valence-electron chi connectivity index (χ4n) is 1.49. The second-order valence-corrected chi connectivity index (χ2v) is 3.31. The lowest BCUT2D eigenvalue weighted by Gasteiger charge is -2.17. The Kier molecular flexibility index (Phi) is 1.84. The second-order valence-electron chi connectivity index (χ2n) is 3.31. The first-order valence-corrected chi connectivity index (χ1v) is 4.14. The molecule has 0 aromatic heterocycles. The van der Waals surface area contributed by atoms with Gasteiger partial charge in [0, 0.05) is 5.56 Å². The van der Waals surface area contributed by atoms with Crippen LogP contribution in [0.25, 0.3) is 0 Å². The average molecular weight is 202 g/mol. The molecule has 1 fully saturated rings. The molecule has 0 unspecified atom stereocenters. The van der Waals surface area contributed by atoms with E-state index >= 15 is 0 Å². The van der Waals surface area contributed by atoms with Gasteiger partial charge in [-0.05, 0) is 12.5 Å². The number of rotatable bonds is 1. The number of hydrogen-bond donors (Lipinski definition) is 2. The summed E-state index contributed by atoms with van der Waals surface area (Å²) in [5.41, 5.74) is 3.15. The Morgan fingerprint density at radius 1 is 1.14 bits per heavy atom. The predicted octanol–water partition coefficient (Wildman–Crippen LogP) is 1.82. The molecule has 2 N–H and O–H groups in total. The number of benzene rings is 1. The van der Waals surface area contributed by atoms with Crippen molar-refractivity contribution in [2.45, 2.75) is 18.8 Å². The summed E-state index contributed by atoms with van der Waals surface area (Å²) in [6.07, 6.45) is -4.32. The molecule has 0 atom stereocenters. The highest BCUT2D eigenvalue weighted by atomic mass is 19.4. The van der Waals surface area contributed by atoms with Crippen LogP contribution in [0.15, 0.2) is 24.3 Å². The van der Waals surface area contributed by atoms with E-state index in [9.17, 15) is 13.2 Å². The van der Waals surface area contributed by atoms with Crippen molar-refractivity contribution < 1.29 is 13.2 Å². The molecule has 0 radical (unpaired) electrons. The largest absolute Gasteiger partial charge is 0.426 e. The molecule has 5 heteroatoms. The molecule has 0 aliphatic carbocycles. The Morgan fingerprint density at radius 3 is 2.14 bits per heavy atom. The zero-order chi connectivity index (χ0) is 10.4. The van der Waals surface area contributed by atoms with Crippen LogP contribution in [0, 0.1) is 6.92 Å². The molecule has 1 saturated heterocycles. The summed E-state index contributed by atoms with van der Waals surface area (Å²) >= 11 is 0. The van der Waals surface area contributed by atoms with Crippen LogP contribution in [0.5, 0.6) is 0 Å². The van der Waals surface area contributed by atoms with Gasteiger partial charge in [0.2, 0.25) is 5.66 Å². The van der Waals surface area contributed by atoms with Gasteiger partial charge in [0.05, 0.1) is 0 Å². The zero-order valence-electron chi connectivity index (χ0n) is 7.44. The van der Waals surface area contributed by atoms with Crippen molar-refractivity contribution in [3.05, 3.63) is 35.4 Å². The van der Waals surface area contributed by atoms with E-state index < -0.39 is 11.8 Å². The molecule has 1 aliphatic rings. The third kappa shape index (κ3) is 1.20. The molecule has 0 spiro atoms. The number of hydrazine groups is 1. The Hall–Kier alpha value is -1.07. The Morgan fingerprint density at radius 2 is 1.71 bits per heavy atom. The van der Waals surface area contributed by atoms with Gasteiger partial charge in [-0.25, -0.2) is 10.9 Å². The second kappa shape index (κ2) is 2.71. The minimum absolute atomic E-state index is 0.229. The van der Waals surface area contributed by atoms with E-state index in [0.29, 0.717) is 5.56 Å². The minimum Gasteiger partial charge on any atom is -0.223 e. The van der Waals surface area contributed by atoms with E-state index in [1.54, 1.807) is 25.1 Å². The lowest BCUT2D eigenvalue weighted by molar-refractivity contribution is -0.165. The maximum atomic E-state index is 12.6. The summed E-state index contributed by atoms with van der Waals surface area (Å²) in [7, 11) is 0. The number of alkyl halides is 3. The van der Waals surface area contributed by atoms with Gasteiger partial charge in [0.25, 0.3) is 0 Å². The van der Waals surface area contributed by atoms with Crippen LogP contribution in [0.1, 0.15) is 11.1 Å². The number of aryl methyl sites for hydroxylation is 1. The number of halogens is 3. The van der Waals surface area contributed by atoms with E-state index in [1.807, 2.05) is 0 Å². The number of nitrogens with one attached hydrogen (secondary N) is 2. The van der Waals surface area contributed by atoms with Crippen LogP contribution in [0.3, 0.4) is 0 Å². The molecule has 2 nitrogen and oxygen atoms in total. The predicted molar refractivity (Wildman–Crippen MR) is 45.2 cm³/mol. The van der Waals surface area contributed by atoms with Crippen LogP contribution in [0.4, 0.5) is 13.2 Å². The molecule has 0 saturated carbocycles. The Bertz CT molecular complexity index is 355. The van der Waals surface area contributed by atoms with E-state index in [1.165, 1.54) is 6.07 Å². The summed E-state index contributed by atoms with van der Waals surface area (Å²) in [6, 6.07) is 6.43. The molecule has 0 amide bonds. The molecular formula is C9H9F3N2. The van der Waals surface area contributed by atoms with E-state index in [0.717, 1.165) is 0 Å². The van der Waals surface area contributed by atoms with Crippen molar-refractivity contribution in [3.8, 4) is 0 Å². The van der Waals surface area contributed by atoms with Crippen LogP contribution in [0.2, 0.25) is 0 Å². The normalized spacial score (nSPS) is 19.4. The summed E-state index contributed by atoms with van der Waals surface area (Å²) in [4.78, 5) is 0. The summed E-state index contributed by atoms with van der Waals surface area (Å²) in [5.74, 6) is 0. The van der Waals surface area contributed by atoms with Gasteiger partial charge >= 0.3 is 6.18 Å². The van der Waals surface area contributed by atoms with Gasteiger partial charge in [0.15, 0.2) is 0 Å². The molecule has 1 aromatic carbocycles. The molecule has 0 bridgehead atoms. The highest BCUT2D eigenvalue weighted by Gasteiger charge is 2.65. The van der Waals surface area contributed by atoms with Crippen molar-refractivity contribution in [2.24, 2.45) is 0 Å². The van der Waals surface area contributed by atoms with Crippen LogP contribution in [-0.4, -0.2) is 6.18 Å². The van der Waals surface area contributed by atoms with Crippen LogP contribution < -0.4 is 10.9 Å². The smallest absolute Gasteiger partial charge is 0.223 e. The van der Waals surface area contributed by atoms with Gasteiger partial charge in [-0.3, -0.25) is 0 Å². The standard InChI is InChI=1S/C9H9F3N2/c1-6-4-2-3-5-7(6)8(13-14-8)9(10,11)12/h2-5,13-14H,1H3. The maximum absolute atomic E-state index is 12.6. The topological polar surface area (TPSA) is 43.9 Å². The Labute approximate surface area is 79.1 Å². The molecular weight excluding hydrogens is 193 g/mol. The van der Waals surface area contributed by atoms with Gasteiger partial charge in [0.1, 0.15) is 0 Å². The first-order chi connectivity index (χ1) is 6.47. The third-order valence-electron chi connectivity index (χ3n) is 2.35. The van der Waals surface area contributed by atoms with Crippen molar-refractivity contribution in [1.82, 2.24) is 10.9 Å². The van der Waals surface area contributed by atoms with E-state index in [-0.39, 0.29) is 5.56 Å². The molecule has 2 rings (SSSR count). The summed E-state index contributed by atoms with van der Waals surface area (Å²) in [6.45, 7) is 1.66. The summed E-state index contributed by atoms with van der Waals surface area (Å²) < 4.78 is 37.9. The van der Waals surface area contributed by atoms with Gasteiger partial charge < -0.3 is 0 Å². The first-order valence-electron chi connectivity index (χ1n) is 4.14. The van der Waals surface area contributed by atoms with Gasteiger partial charge in [-0.1, -0.05) is 24.3 Å². The van der Waals surface area contributed by atoms with Crippen LogP contribution in [-0.2, 0) is 5.66 Å². The van der Waals surface area contributed by atoms with E-state index in [4.69, 9.17) is 0 Å². The van der Waals surface area contributed by atoms with Crippen molar-refractivity contribution >= 4 is 0 Å². The zero-order valence-corrected chi connectivity index (χ0v) is 7.44. The minimum atomic E-state index is -4.32. The maximum Gasteiger partial charge on any atom is 0.426 e.